The predicted molar refractivity (Wildman–Crippen MR) is 124 cm³/mol. The predicted octanol–water partition coefficient (Wildman–Crippen LogP) is 8.14. The van der Waals surface area contributed by atoms with Gasteiger partial charge in [-0.3, -0.25) is 4.79 Å². The molecule has 3 aromatic carbocycles. The highest BCUT2D eigenvalue weighted by Gasteiger charge is 2.30. The Labute approximate surface area is 196 Å². The Bertz CT molecular complexity index is 1150. The zero-order valence-corrected chi connectivity index (χ0v) is 19.4. The lowest BCUT2D eigenvalue weighted by molar-refractivity contribution is -0.137. The van der Waals surface area contributed by atoms with Gasteiger partial charge < -0.3 is 4.90 Å². The van der Waals surface area contributed by atoms with E-state index in [9.17, 15) is 26.7 Å². The lowest BCUT2D eigenvalue weighted by Gasteiger charge is -2.24. The second-order valence-electron chi connectivity index (χ2n) is 8.87. The van der Waals surface area contributed by atoms with Gasteiger partial charge >= 0.3 is 6.18 Å². The number of rotatable bonds is 7. The van der Waals surface area contributed by atoms with Crippen molar-refractivity contribution < 1.29 is 26.7 Å². The maximum atomic E-state index is 13.8. The van der Waals surface area contributed by atoms with Crippen molar-refractivity contribution in [2.24, 2.45) is 5.92 Å². The van der Waals surface area contributed by atoms with Crippen LogP contribution in [0.25, 0.3) is 11.1 Å². The van der Waals surface area contributed by atoms with Crippen LogP contribution in [0.5, 0.6) is 0 Å². The molecule has 3 rings (SSSR count). The van der Waals surface area contributed by atoms with Gasteiger partial charge in [0, 0.05) is 30.4 Å². The first-order valence-corrected chi connectivity index (χ1v) is 10.9. The van der Waals surface area contributed by atoms with Crippen molar-refractivity contribution in [1.82, 2.24) is 0 Å². The van der Waals surface area contributed by atoms with E-state index in [-0.39, 0.29) is 17.4 Å². The summed E-state index contributed by atoms with van der Waals surface area (Å²) in [6, 6.07) is 13.2. The van der Waals surface area contributed by atoms with Crippen LogP contribution in [-0.2, 0) is 11.0 Å². The van der Waals surface area contributed by atoms with Gasteiger partial charge in [0.15, 0.2) is 0 Å². The Morgan fingerprint density at radius 1 is 0.853 bits per heavy atom. The van der Waals surface area contributed by atoms with Crippen molar-refractivity contribution in [3.63, 3.8) is 0 Å². The number of Topliss-reactive ketones (excluding diaryl/α,β-unsaturated/α-hetero) is 1. The van der Waals surface area contributed by atoms with Crippen molar-refractivity contribution >= 4 is 17.2 Å². The number of carbonyl (C=O) groups is 1. The monoisotopic (exact) mass is 475 g/mol. The largest absolute Gasteiger partial charge is 0.416 e. The SMILES string of the molecule is CC(=O)C(CC(C)C)c1cc(-c2ccc(C(F)(F)F)cc2)cc(N(C)c2cc(F)cc(F)c2)c1. The van der Waals surface area contributed by atoms with E-state index in [1.54, 1.807) is 30.1 Å². The van der Waals surface area contributed by atoms with Crippen molar-refractivity contribution in [3.05, 3.63) is 83.4 Å². The van der Waals surface area contributed by atoms with Crippen LogP contribution in [0.2, 0.25) is 0 Å². The summed E-state index contributed by atoms with van der Waals surface area (Å²) < 4.78 is 66.7. The third kappa shape index (κ3) is 6.01. The Hall–Kier alpha value is -3.22. The molecule has 0 heterocycles. The molecule has 0 spiro atoms. The van der Waals surface area contributed by atoms with E-state index < -0.39 is 29.3 Å². The molecule has 7 heteroatoms. The third-order valence-corrected chi connectivity index (χ3v) is 5.71. The minimum atomic E-state index is -4.45. The summed E-state index contributed by atoms with van der Waals surface area (Å²) in [4.78, 5) is 14.1. The molecule has 0 amide bonds. The second-order valence-corrected chi connectivity index (χ2v) is 8.87. The van der Waals surface area contributed by atoms with Gasteiger partial charge in [-0.1, -0.05) is 32.0 Å². The zero-order chi connectivity index (χ0) is 25.2. The van der Waals surface area contributed by atoms with Crippen LogP contribution in [0.15, 0.2) is 60.7 Å². The van der Waals surface area contributed by atoms with Gasteiger partial charge in [0.2, 0.25) is 0 Å². The molecular formula is C27H26F5NO. The molecule has 0 aliphatic heterocycles. The van der Waals surface area contributed by atoms with Crippen LogP contribution in [0, 0.1) is 17.6 Å². The minimum Gasteiger partial charge on any atom is -0.344 e. The average molecular weight is 476 g/mol. The van der Waals surface area contributed by atoms with Crippen molar-refractivity contribution in [2.45, 2.75) is 39.3 Å². The molecule has 1 atom stereocenters. The van der Waals surface area contributed by atoms with E-state index in [0.717, 1.165) is 18.2 Å². The van der Waals surface area contributed by atoms with E-state index in [1.807, 2.05) is 13.8 Å². The smallest absolute Gasteiger partial charge is 0.344 e. The van der Waals surface area contributed by atoms with E-state index >= 15 is 0 Å². The lowest BCUT2D eigenvalue weighted by Crippen LogP contribution is -2.15. The molecule has 0 aliphatic rings. The number of hydrogen-bond acceptors (Lipinski definition) is 2. The van der Waals surface area contributed by atoms with Gasteiger partial charge in [0.05, 0.1) is 5.56 Å². The van der Waals surface area contributed by atoms with Crippen LogP contribution >= 0.6 is 0 Å². The van der Waals surface area contributed by atoms with Crippen molar-refractivity contribution in [1.29, 1.82) is 0 Å². The average Bonchev–Trinajstić information content (AvgIpc) is 2.75. The zero-order valence-electron chi connectivity index (χ0n) is 19.4. The second kappa shape index (κ2) is 9.95. The van der Waals surface area contributed by atoms with E-state index in [4.69, 9.17) is 0 Å². The Kier molecular flexibility index (Phi) is 7.44. The van der Waals surface area contributed by atoms with E-state index in [2.05, 4.69) is 0 Å². The van der Waals surface area contributed by atoms with Crippen LogP contribution in [0.3, 0.4) is 0 Å². The first kappa shape index (κ1) is 25.4. The van der Waals surface area contributed by atoms with Gasteiger partial charge in [0.25, 0.3) is 0 Å². The molecule has 3 aromatic rings. The summed E-state index contributed by atoms with van der Waals surface area (Å²) in [6.07, 6.45) is -3.87. The number of alkyl halides is 3. The topological polar surface area (TPSA) is 20.3 Å². The number of carbonyl (C=O) groups excluding carboxylic acids is 1. The molecular weight excluding hydrogens is 449 g/mol. The summed E-state index contributed by atoms with van der Waals surface area (Å²) in [5.41, 5.74) is 1.86. The van der Waals surface area contributed by atoms with E-state index in [0.29, 0.717) is 28.8 Å². The Balaban J connectivity index is 2.16. The highest BCUT2D eigenvalue weighted by molar-refractivity contribution is 5.85. The summed E-state index contributed by atoms with van der Waals surface area (Å²) in [5, 5.41) is 0. The van der Waals surface area contributed by atoms with Gasteiger partial charge in [-0.2, -0.15) is 13.2 Å². The lowest BCUT2D eigenvalue weighted by atomic mass is 9.85. The minimum absolute atomic E-state index is 0.0383. The molecule has 34 heavy (non-hydrogen) atoms. The van der Waals surface area contributed by atoms with Crippen LogP contribution in [0.4, 0.5) is 33.3 Å². The number of halogens is 5. The van der Waals surface area contributed by atoms with Gasteiger partial charge in [-0.05, 0) is 72.4 Å². The molecule has 0 saturated carbocycles. The van der Waals surface area contributed by atoms with Crippen molar-refractivity contribution in [3.8, 4) is 11.1 Å². The molecule has 0 aliphatic carbocycles. The number of nitrogens with zero attached hydrogens (tertiary/aromatic N) is 1. The highest BCUT2D eigenvalue weighted by atomic mass is 19.4. The van der Waals surface area contributed by atoms with Crippen LogP contribution < -0.4 is 4.90 Å². The molecule has 0 saturated heterocycles. The first-order valence-electron chi connectivity index (χ1n) is 10.9. The fourth-order valence-electron chi connectivity index (χ4n) is 3.94. The number of benzene rings is 3. The first-order chi connectivity index (χ1) is 15.8. The summed E-state index contributed by atoms with van der Waals surface area (Å²) in [6.45, 7) is 5.50. The van der Waals surface area contributed by atoms with Crippen LogP contribution in [0.1, 0.15) is 44.2 Å². The van der Waals surface area contributed by atoms with Crippen LogP contribution in [-0.4, -0.2) is 12.8 Å². The molecule has 0 aromatic heterocycles. The Morgan fingerprint density at radius 3 is 1.91 bits per heavy atom. The Morgan fingerprint density at radius 2 is 1.41 bits per heavy atom. The quantitative estimate of drug-likeness (QED) is 0.322. The maximum absolute atomic E-state index is 13.8. The molecule has 180 valence electrons. The fourth-order valence-corrected chi connectivity index (χ4v) is 3.94. The van der Waals surface area contributed by atoms with Gasteiger partial charge in [-0.15, -0.1) is 0 Å². The molecule has 2 nitrogen and oxygen atoms in total. The molecule has 1 unspecified atom stereocenters. The summed E-state index contributed by atoms with van der Waals surface area (Å²) in [7, 11) is 1.63. The molecule has 0 fully saturated rings. The third-order valence-electron chi connectivity index (χ3n) is 5.71. The summed E-state index contributed by atoms with van der Waals surface area (Å²) in [5.74, 6) is -1.71. The molecule has 0 radical (unpaired) electrons. The van der Waals surface area contributed by atoms with E-state index in [1.165, 1.54) is 31.2 Å². The molecule has 0 bridgehead atoms. The fraction of sp³-hybridized carbons (Fsp3) is 0.296. The molecule has 0 N–H and O–H groups in total. The number of hydrogen-bond donors (Lipinski definition) is 0. The van der Waals surface area contributed by atoms with Gasteiger partial charge in [0.1, 0.15) is 17.4 Å². The number of ketones is 1. The standard InChI is InChI=1S/C27H26F5NO/c1-16(2)9-26(17(3)34)20-10-19(18-5-7-21(8-6-18)27(30,31)32)11-24(12-20)33(4)25-14-22(28)13-23(29)15-25/h5-8,10-16,26H,9H2,1-4H3. The normalized spacial score (nSPS) is 12.6. The number of anilines is 2. The maximum Gasteiger partial charge on any atom is 0.416 e. The highest BCUT2D eigenvalue weighted by Crippen LogP contribution is 2.37. The van der Waals surface area contributed by atoms with Crippen molar-refractivity contribution in [2.75, 3.05) is 11.9 Å². The summed E-state index contributed by atoms with van der Waals surface area (Å²) >= 11 is 0. The van der Waals surface area contributed by atoms with Gasteiger partial charge in [-0.25, -0.2) is 8.78 Å².